The molecule has 0 aliphatic carbocycles. The van der Waals surface area contributed by atoms with Gasteiger partial charge in [-0.05, 0) is 13.1 Å². The number of rotatable bonds is 5. The molecule has 0 atom stereocenters. The minimum absolute atomic E-state index is 0.425. The maximum atomic E-state index is 5.82. The molecule has 5 heteroatoms. The van der Waals surface area contributed by atoms with Crippen LogP contribution in [0.2, 0.25) is 0 Å². The lowest BCUT2D eigenvalue weighted by atomic mass is 10.1. The van der Waals surface area contributed by atoms with Crippen molar-refractivity contribution in [1.29, 1.82) is 0 Å². The zero-order valence-corrected chi connectivity index (χ0v) is 12.2. The van der Waals surface area contributed by atoms with Crippen molar-refractivity contribution in [2.24, 2.45) is 5.73 Å². The van der Waals surface area contributed by atoms with E-state index in [9.17, 15) is 0 Å². The topological polar surface area (TPSA) is 55.3 Å². The van der Waals surface area contributed by atoms with Gasteiger partial charge in [-0.3, -0.25) is 4.90 Å². The summed E-state index contributed by atoms with van der Waals surface area (Å²) in [5.74, 6) is 0.872. The summed E-state index contributed by atoms with van der Waals surface area (Å²) in [4.78, 5) is 6.55. The summed E-state index contributed by atoms with van der Waals surface area (Å²) in [6.45, 7) is 2.06. The van der Waals surface area contributed by atoms with Crippen molar-refractivity contribution < 1.29 is 4.42 Å². The highest BCUT2D eigenvalue weighted by atomic mass is 32.1. The monoisotopic (exact) mass is 287 g/mol. The number of furan rings is 1. The molecule has 20 heavy (non-hydrogen) atoms. The second kappa shape index (κ2) is 5.75. The van der Waals surface area contributed by atoms with Gasteiger partial charge in [-0.25, -0.2) is 4.98 Å². The summed E-state index contributed by atoms with van der Waals surface area (Å²) in [6.07, 6.45) is 0. The van der Waals surface area contributed by atoms with Crippen molar-refractivity contribution in [3.05, 3.63) is 52.2 Å². The summed E-state index contributed by atoms with van der Waals surface area (Å²) in [7, 11) is 2.08. The van der Waals surface area contributed by atoms with E-state index in [0.29, 0.717) is 6.54 Å². The Balaban J connectivity index is 1.85. The maximum Gasteiger partial charge on any atom is 0.134 e. The lowest BCUT2D eigenvalue weighted by Gasteiger charge is -2.15. The first-order chi connectivity index (χ1) is 9.78. The SMILES string of the molecule is CN(Cc1cscn1)Cc1c(CN)oc2ccccc12. The maximum absolute atomic E-state index is 5.82. The van der Waals surface area contributed by atoms with Crippen molar-refractivity contribution in [2.45, 2.75) is 19.6 Å². The number of hydrogen-bond acceptors (Lipinski definition) is 5. The lowest BCUT2D eigenvalue weighted by Crippen LogP contribution is -2.18. The van der Waals surface area contributed by atoms with Crippen LogP contribution in [0.15, 0.2) is 39.6 Å². The van der Waals surface area contributed by atoms with Crippen LogP contribution in [0.5, 0.6) is 0 Å². The first kappa shape index (κ1) is 13.3. The van der Waals surface area contributed by atoms with Gasteiger partial charge < -0.3 is 10.2 Å². The van der Waals surface area contributed by atoms with Gasteiger partial charge in [0.1, 0.15) is 11.3 Å². The highest BCUT2D eigenvalue weighted by molar-refractivity contribution is 7.07. The van der Waals surface area contributed by atoms with E-state index in [1.165, 1.54) is 5.56 Å². The molecule has 2 aromatic heterocycles. The summed E-state index contributed by atoms with van der Waals surface area (Å²) in [5, 5.41) is 3.23. The van der Waals surface area contributed by atoms with Gasteiger partial charge in [-0.1, -0.05) is 18.2 Å². The number of para-hydroxylation sites is 1. The standard InChI is InChI=1S/C15H17N3OS/c1-18(7-11-9-20-10-17-11)8-13-12-4-2-3-5-14(12)19-15(13)6-16/h2-5,9-10H,6-8,16H2,1H3. The van der Waals surface area contributed by atoms with E-state index >= 15 is 0 Å². The zero-order valence-electron chi connectivity index (χ0n) is 11.4. The van der Waals surface area contributed by atoms with E-state index in [0.717, 1.165) is 35.5 Å². The molecule has 0 unspecified atom stereocenters. The predicted octanol–water partition coefficient (Wildman–Crippen LogP) is 2.98. The molecule has 4 nitrogen and oxygen atoms in total. The zero-order chi connectivity index (χ0) is 13.9. The van der Waals surface area contributed by atoms with E-state index in [4.69, 9.17) is 10.2 Å². The van der Waals surface area contributed by atoms with Gasteiger partial charge >= 0.3 is 0 Å². The van der Waals surface area contributed by atoms with E-state index in [1.54, 1.807) is 11.3 Å². The number of hydrogen-bond donors (Lipinski definition) is 1. The second-order valence-electron chi connectivity index (χ2n) is 4.86. The summed E-state index contributed by atoms with van der Waals surface area (Å²) < 4.78 is 5.82. The number of nitrogens with two attached hydrogens (primary N) is 1. The normalized spacial score (nSPS) is 11.6. The Morgan fingerprint density at radius 1 is 1.30 bits per heavy atom. The van der Waals surface area contributed by atoms with Crippen LogP contribution in [0, 0.1) is 0 Å². The molecule has 3 rings (SSSR count). The number of nitrogens with zero attached hydrogens (tertiary/aromatic N) is 2. The molecular formula is C15H17N3OS. The molecule has 104 valence electrons. The number of thiazole rings is 1. The van der Waals surface area contributed by atoms with E-state index < -0.39 is 0 Å². The third-order valence-electron chi connectivity index (χ3n) is 3.31. The summed E-state index contributed by atoms with van der Waals surface area (Å²) in [5.41, 5.74) is 10.9. The van der Waals surface area contributed by atoms with Gasteiger partial charge in [0.05, 0.1) is 17.7 Å². The van der Waals surface area contributed by atoms with Crippen molar-refractivity contribution in [2.75, 3.05) is 7.05 Å². The van der Waals surface area contributed by atoms with Crippen molar-refractivity contribution in [3.8, 4) is 0 Å². The number of aromatic nitrogens is 1. The third kappa shape index (κ3) is 2.60. The Morgan fingerprint density at radius 3 is 2.90 bits per heavy atom. The third-order valence-corrected chi connectivity index (χ3v) is 3.95. The Morgan fingerprint density at radius 2 is 2.15 bits per heavy atom. The van der Waals surface area contributed by atoms with Crippen LogP contribution in [0.3, 0.4) is 0 Å². The van der Waals surface area contributed by atoms with Crippen LogP contribution in [0.1, 0.15) is 17.0 Å². The molecule has 2 N–H and O–H groups in total. The first-order valence-corrected chi connectivity index (χ1v) is 7.47. The van der Waals surface area contributed by atoms with Gasteiger partial charge in [0, 0.05) is 29.4 Å². The fourth-order valence-electron chi connectivity index (χ4n) is 2.41. The van der Waals surface area contributed by atoms with Gasteiger partial charge in [-0.2, -0.15) is 0 Å². The molecule has 0 radical (unpaired) electrons. The molecule has 0 aliphatic rings. The molecule has 1 aromatic carbocycles. The predicted molar refractivity (Wildman–Crippen MR) is 81.4 cm³/mol. The molecule has 2 heterocycles. The number of benzene rings is 1. The minimum Gasteiger partial charge on any atom is -0.459 e. The number of fused-ring (bicyclic) bond motifs is 1. The highest BCUT2D eigenvalue weighted by Gasteiger charge is 2.14. The average molecular weight is 287 g/mol. The van der Waals surface area contributed by atoms with Crippen molar-refractivity contribution in [1.82, 2.24) is 9.88 Å². The molecular weight excluding hydrogens is 270 g/mol. The Labute approximate surface area is 121 Å². The quantitative estimate of drug-likeness (QED) is 0.784. The molecule has 0 saturated carbocycles. The van der Waals surface area contributed by atoms with Crippen LogP contribution < -0.4 is 5.73 Å². The fourth-order valence-corrected chi connectivity index (χ4v) is 2.96. The van der Waals surface area contributed by atoms with Crippen LogP contribution in [0.4, 0.5) is 0 Å². The fraction of sp³-hybridized carbons (Fsp3) is 0.267. The molecule has 0 fully saturated rings. The van der Waals surface area contributed by atoms with E-state index in [1.807, 2.05) is 23.7 Å². The van der Waals surface area contributed by atoms with Gasteiger partial charge in [0.15, 0.2) is 0 Å². The van der Waals surface area contributed by atoms with Gasteiger partial charge in [0.25, 0.3) is 0 Å². The Hall–Kier alpha value is -1.69. The second-order valence-corrected chi connectivity index (χ2v) is 5.57. The minimum atomic E-state index is 0.425. The van der Waals surface area contributed by atoms with Crippen LogP contribution in [-0.4, -0.2) is 16.9 Å². The summed E-state index contributed by atoms with van der Waals surface area (Å²) >= 11 is 1.62. The molecule has 0 bridgehead atoms. The molecule has 3 aromatic rings. The summed E-state index contributed by atoms with van der Waals surface area (Å²) in [6, 6.07) is 8.08. The molecule has 0 spiro atoms. The smallest absolute Gasteiger partial charge is 0.134 e. The van der Waals surface area contributed by atoms with Gasteiger partial charge in [0.2, 0.25) is 0 Å². The Kier molecular flexibility index (Phi) is 3.82. The van der Waals surface area contributed by atoms with Crippen molar-refractivity contribution >= 4 is 22.3 Å². The Bertz CT molecular complexity index is 690. The highest BCUT2D eigenvalue weighted by Crippen LogP contribution is 2.26. The van der Waals surface area contributed by atoms with Crippen molar-refractivity contribution in [3.63, 3.8) is 0 Å². The average Bonchev–Trinajstić information content (AvgIpc) is 3.07. The van der Waals surface area contributed by atoms with E-state index in [-0.39, 0.29) is 0 Å². The van der Waals surface area contributed by atoms with Crippen LogP contribution >= 0.6 is 11.3 Å². The largest absolute Gasteiger partial charge is 0.459 e. The van der Waals surface area contributed by atoms with Crippen LogP contribution in [0.25, 0.3) is 11.0 Å². The molecule has 0 saturated heterocycles. The molecule has 0 aliphatic heterocycles. The first-order valence-electron chi connectivity index (χ1n) is 6.53. The van der Waals surface area contributed by atoms with Crippen LogP contribution in [-0.2, 0) is 19.6 Å². The van der Waals surface area contributed by atoms with Gasteiger partial charge in [-0.15, -0.1) is 11.3 Å². The molecule has 0 amide bonds. The lowest BCUT2D eigenvalue weighted by molar-refractivity contribution is 0.313. The van der Waals surface area contributed by atoms with E-state index in [2.05, 4.69) is 28.4 Å².